The van der Waals surface area contributed by atoms with E-state index in [-0.39, 0.29) is 0 Å². The summed E-state index contributed by atoms with van der Waals surface area (Å²) in [5.41, 5.74) is -0.548. The van der Waals surface area contributed by atoms with E-state index in [1.54, 1.807) is 14.0 Å². The van der Waals surface area contributed by atoms with Crippen LogP contribution in [0.4, 0.5) is 0 Å². The molecule has 0 aliphatic carbocycles. The number of carboxylic acid groups (broad SMARTS) is 1. The molecular formula is C13H27NO3. The number of likely N-dealkylation sites (N-methyl/N-ethyl adjacent to an activating group) is 1. The van der Waals surface area contributed by atoms with Crippen LogP contribution in [0.2, 0.25) is 0 Å². The Labute approximate surface area is 105 Å². The van der Waals surface area contributed by atoms with Gasteiger partial charge in [0.25, 0.3) is 0 Å². The standard InChI is InChI=1S/C13H27NO3/c1-12(2,3)8-10-17-9-6-7-13(4,14-5)11(15)16/h14H,6-10H2,1-5H3,(H,15,16). The predicted octanol–water partition coefficient (Wildman–Crippen LogP) is 2.28. The second kappa shape index (κ2) is 6.97. The van der Waals surface area contributed by atoms with Crippen molar-refractivity contribution in [3.8, 4) is 0 Å². The van der Waals surface area contributed by atoms with Crippen LogP contribution in [0.1, 0.15) is 47.0 Å². The Balaban J connectivity index is 3.67. The molecule has 4 nitrogen and oxygen atoms in total. The van der Waals surface area contributed by atoms with Gasteiger partial charge >= 0.3 is 5.97 Å². The van der Waals surface area contributed by atoms with Gasteiger partial charge in [-0.2, -0.15) is 0 Å². The van der Waals surface area contributed by atoms with Gasteiger partial charge in [-0.1, -0.05) is 20.8 Å². The summed E-state index contributed by atoms with van der Waals surface area (Å²) in [5, 5.41) is 11.9. The third-order valence-electron chi connectivity index (χ3n) is 2.99. The van der Waals surface area contributed by atoms with Gasteiger partial charge in [-0.15, -0.1) is 0 Å². The highest BCUT2D eigenvalue weighted by atomic mass is 16.5. The highest BCUT2D eigenvalue weighted by Gasteiger charge is 2.30. The van der Waals surface area contributed by atoms with Crippen molar-refractivity contribution in [3.05, 3.63) is 0 Å². The van der Waals surface area contributed by atoms with Crippen LogP contribution in [0, 0.1) is 5.41 Å². The second-order valence-electron chi connectivity index (χ2n) is 5.91. The van der Waals surface area contributed by atoms with Crippen LogP contribution in [0.25, 0.3) is 0 Å². The lowest BCUT2D eigenvalue weighted by Gasteiger charge is -2.24. The van der Waals surface area contributed by atoms with Gasteiger partial charge in [-0.05, 0) is 38.6 Å². The molecule has 1 atom stereocenters. The molecule has 0 aromatic heterocycles. The maximum Gasteiger partial charge on any atom is 0.323 e. The lowest BCUT2D eigenvalue weighted by Crippen LogP contribution is -2.47. The van der Waals surface area contributed by atoms with Gasteiger partial charge in [0.15, 0.2) is 0 Å². The number of carbonyl (C=O) groups is 1. The summed E-state index contributed by atoms with van der Waals surface area (Å²) in [6.07, 6.45) is 2.36. The minimum absolute atomic E-state index is 0.292. The first kappa shape index (κ1) is 16.4. The fourth-order valence-electron chi connectivity index (χ4n) is 1.35. The van der Waals surface area contributed by atoms with Crippen molar-refractivity contribution in [2.75, 3.05) is 20.3 Å². The third kappa shape index (κ3) is 7.34. The minimum Gasteiger partial charge on any atom is -0.480 e. The summed E-state index contributed by atoms with van der Waals surface area (Å²) in [6.45, 7) is 9.61. The zero-order chi connectivity index (χ0) is 13.5. The summed E-state index contributed by atoms with van der Waals surface area (Å²) in [7, 11) is 1.68. The average molecular weight is 245 g/mol. The van der Waals surface area contributed by atoms with Crippen molar-refractivity contribution in [2.45, 2.75) is 52.5 Å². The summed E-state index contributed by atoms with van der Waals surface area (Å²) < 4.78 is 5.51. The third-order valence-corrected chi connectivity index (χ3v) is 2.99. The summed E-state index contributed by atoms with van der Waals surface area (Å²) in [4.78, 5) is 11.0. The van der Waals surface area contributed by atoms with Gasteiger partial charge < -0.3 is 15.2 Å². The van der Waals surface area contributed by atoms with Gasteiger partial charge in [0.05, 0.1) is 0 Å². The van der Waals surface area contributed by atoms with Gasteiger partial charge in [0.1, 0.15) is 5.54 Å². The molecule has 0 amide bonds. The average Bonchev–Trinajstić information content (AvgIpc) is 2.21. The van der Waals surface area contributed by atoms with E-state index in [1.165, 1.54) is 0 Å². The maximum atomic E-state index is 11.0. The molecule has 0 aromatic rings. The smallest absolute Gasteiger partial charge is 0.323 e. The molecule has 4 heteroatoms. The van der Waals surface area contributed by atoms with Crippen LogP contribution >= 0.6 is 0 Å². The molecule has 0 bridgehead atoms. The molecule has 0 radical (unpaired) electrons. The first-order chi connectivity index (χ1) is 7.71. The molecular weight excluding hydrogens is 218 g/mol. The quantitative estimate of drug-likeness (QED) is 0.644. The van der Waals surface area contributed by atoms with Crippen LogP contribution in [-0.2, 0) is 9.53 Å². The van der Waals surface area contributed by atoms with E-state index in [4.69, 9.17) is 9.84 Å². The predicted molar refractivity (Wildman–Crippen MR) is 69.2 cm³/mol. The minimum atomic E-state index is -0.840. The van der Waals surface area contributed by atoms with Crippen molar-refractivity contribution >= 4 is 5.97 Å². The van der Waals surface area contributed by atoms with Gasteiger partial charge in [-0.3, -0.25) is 4.79 Å². The lowest BCUT2D eigenvalue weighted by molar-refractivity contribution is -0.144. The molecule has 0 rings (SSSR count). The van der Waals surface area contributed by atoms with E-state index in [1.807, 2.05) is 0 Å². The molecule has 0 spiro atoms. The van der Waals surface area contributed by atoms with Crippen LogP contribution < -0.4 is 5.32 Å². The van der Waals surface area contributed by atoms with Gasteiger partial charge in [0.2, 0.25) is 0 Å². The SMILES string of the molecule is CNC(C)(CCCOCCC(C)(C)C)C(=O)O. The largest absolute Gasteiger partial charge is 0.480 e. The van der Waals surface area contributed by atoms with E-state index < -0.39 is 11.5 Å². The molecule has 0 fully saturated rings. The lowest BCUT2D eigenvalue weighted by atomic mass is 9.93. The Kier molecular flexibility index (Phi) is 6.72. The van der Waals surface area contributed by atoms with E-state index in [2.05, 4.69) is 26.1 Å². The Morgan fingerprint density at radius 3 is 2.18 bits per heavy atom. The Morgan fingerprint density at radius 1 is 1.18 bits per heavy atom. The highest BCUT2D eigenvalue weighted by Crippen LogP contribution is 2.18. The first-order valence-corrected chi connectivity index (χ1v) is 6.21. The van der Waals surface area contributed by atoms with E-state index in [0.717, 1.165) is 19.4 Å². The number of nitrogens with one attached hydrogen (secondary N) is 1. The molecule has 0 saturated carbocycles. The maximum absolute atomic E-state index is 11.0. The number of hydrogen-bond donors (Lipinski definition) is 2. The van der Waals surface area contributed by atoms with Crippen molar-refractivity contribution in [1.82, 2.24) is 5.32 Å². The van der Waals surface area contributed by atoms with E-state index in [0.29, 0.717) is 18.4 Å². The fourth-order valence-corrected chi connectivity index (χ4v) is 1.35. The Morgan fingerprint density at radius 2 is 1.76 bits per heavy atom. The molecule has 0 aliphatic heterocycles. The fraction of sp³-hybridized carbons (Fsp3) is 0.923. The molecule has 0 heterocycles. The van der Waals surface area contributed by atoms with Crippen LogP contribution in [0.5, 0.6) is 0 Å². The van der Waals surface area contributed by atoms with Crippen LogP contribution in [-0.4, -0.2) is 36.9 Å². The molecule has 102 valence electrons. The van der Waals surface area contributed by atoms with Gasteiger partial charge in [0, 0.05) is 13.2 Å². The van der Waals surface area contributed by atoms with Gasteiger partial charge in [-0.25, -0.2) is 0 Å². The number of aliphatic carboxylic acids is 1. The van der Waals surface area contributed by atoms with Crippen LogP contribution in [0.3, 0.4) is 0 Å². The number of carboxylic acids is 1. The summed E-state index contributed by atoms with van der Waals surface area (Å²) in [5.74, 6) is -0.810. The van der Waals surface area contributed by atoms with Crippen molar-refractivity contribution < 1.29 is 14.6 Å². The zero-order valence-corrected chi connectivity index (χ0v) is 11.8. The topological polar surface area (TPSA) is 58.6 Å². The van der Waals surface area contributed by atoms with Crippen molar-refractivity contribution in [2.24, 2.45) is 5.41 Å². The Hall–Kier alpha value is -0.610. The molecule has 0 aliphatic rings. The molecule has 0 aromatic carbocycles. The zero-order valence-electron chi connectivity index (χ0n) is 11.8. The molecule has 1 unspecified atom stereocenters. The Bertz CT molecular complexity index is 235. The van der Waals surface area contributed by atoms with E-state index >= 15 is 0 Å². The summed E-state index contributed by atoms with van der Waals surface area (Å²) >= 11 is 0. The van der Waals surface area contributed by atoms with E-state index in [9.17, 15) is 4.79 Å². The second-order valence-corrected chi connectivity index (χ2v) is 5.91. The van der Waals surface area contributed by atoms with Crippen LogP contribution in [0.15, 0.2) is 0 Å². The van der Waals surface area contributed by atoms with Crippen molar-refractivity contribution in [1.29, 1.82) is 0 Å². The number of rotatable bonds is 8. The molecule has 17 heavy (non-hydrogen) atoms. The number of hydrogen-bond acceptors (Lipinski definition) is 3. The first-order valence-electron chi connectivity index (χ1n) is 6.21. The normalized spacial score (nSPS) is 15.6. The number of ether oxygens (including phenoxy) is 1. The molecule has 0 saturated heterocycles. The van der Waals surface area contributed by atoms with Crippen molar-refractivity contribution in [3.63, 3.8) is 0 Å². The monoisotopic (exact) mass is 245 g/mol. The summed E-state index contributed by atoms with van der Waals surface area (Å²) in [6, 6.07) is 0. The molecule has 2 N–H and O–H groups in total. The highest BCUT2D eigenvalue weighted by molar-refractivity contribution is 5.78.